The average molecular weight is 313 g/mol. The van der Waals surface area contributed by atoms with E-state index in [1.54, 1.807) is 19.1 Å². The molecule has 0 aliphatic heterocycles. The number of benzene rings is 2. The van der Waals surface area contributed by atoms with Crippen LogP contribution >= 0.6 is 11.6 Å². The predicted octanol–water partition coefficient (Wildman–Crippen LogP) is 2.74. The molecule has 7 heteroatoms. The van der Waals surface area contributed by atoms with Gasteiger partial charge in [0.2, 0.25) is 0 Å². The molecular weight excluding hydrogens is 300 g/mol. The van der Waals surface area contributed by atoms with E-state index in [1.807, 2.05) is 0 Å². The van der Waals surface area contributed by atoms with Gasteiger partial charge < -0.3 is 10.8 Å². The summed E-state index contributed by atoms with van der Waals surface area (Å²) in [7, 11) is -3.87. The first kappa shape index (κ1) is 14.5. The summed E-state index contributed by atoms with van der Waals surface area (Å²) in [4.78, 5) is -0.106. The fraction of sp³-hybridized carbons (Fsp3) is 0.0769. The van der Waals surface area contributed by atoms with Crippen LogP contribution in [0.15, 0.2) is 41.3 Å². The van der Waals surface area contributed by atoms with Crippen molar-refractivity contribution in [3.05, 3.63) is 47.0 Å². The number of nitrogen functional groups attached to an aromatic ring is 1. The fourth-order valence-electron chi connectivity index (χ4n) is 1.62. The lowest BCUT2D eigenvalue weighted by Gasteiger charge is -2.11. The molecule has 0 atom stereocenters. The van der Waals surface area contributed by atoms with Gasteiger partial charge in [-0.1, -0.05) is 17.7 Å². The van der Waals surface area contributed by atoms with Crippen molar-refractivity contribution in [3.63, 3.8) is 0 Å². The van der Waals surface area contributed by atoms with Crippen LogP contribution in [-0.2, 0) is 10.0 Å². The number of aromatic hydroxyl groups is 1. The van der Waals surface area contributed by atoms with E-state index in [-0.39, 0.29) is 27.0 Å². The van der Waals surface area contributed by atoms with Crippen molar-refractivity contribution in [1.29, 1.82) is 0 Å². The first-order valence-electron chi connectivity index (χ1n) is 5.67. The van der Waals surface area contributed by atoms with E-state index < -0.39 is 10.0 Å². The van der Waals surface area contributed by atoms with Gasteiger partial charge in [-0.2, -0.15) is 0 Å². The molecule has 0 heterocycles. The molecular formula is C13H13ClN2O3S. The average Bonchev–Trinajstić information content (AvgIpc) is 2.36. The van der Waals surface area contributed by atoms with Crippen molar-refractivity contribution in [2.24, 2.45) is 0 Å². The minimum Gasteiger partial charge on any atom is -0.508 e. The maximum Gasteiger partial charge on any atom is 0.263 e. The third kappa shape index (κ3) is 2.97. The molecule has 0 spiro atoms. The van der Waals surface area contributed by atoms with Crippen LogP contribution in [-0.4, -0.2) is 13.5 Å². The highest BCUT2D eigenvalue weighted by molar-refractivity contribution is 7.92. The van der Waals surface area contributed by atoms with Gasteiger partial charge in [0.15, 0.2) is 0 Å². The molecule has 0 unspecified atom stereocenters. The number of rotatable bonds is 3. The highest BCUT2D eigenvalue weighted by atomic mass is 35.5. The van der Waals surface area contributed by atoms with Gasteiger partial charge in [-0.25, -0.2) is 8.42 Å². The highest BCUT2D eigenvalue weighted by Gasteiger charge is 2.18. The van der Waals surface area contributed by atoms with Crippen LogP contribution < -0.4 is 10.5 Å². The smallest absolute Gasteiger partial charge is 0.263 e. The molecule has 0 bridgehead atoms. The van der Waals surface area contributed by atoms with Crippen LogP contribution in [0.5, 0.6) is 5.75 Å². The van der Waals surface area contributed by atoms with E-state index in [9.17, 15) is 13.5 Å². The maximum absolute atomic E-state index is 12.2. The van der Waals surface area contributed by atoms with Crippen molar-refractivity contribution < 1.29 is 13.5 Å². The summed E-state index contributed by atoms with van der Waals surface area (Å²) in [6, 6.07) is 8.68. The third-order valence-electron chi connectivity index (χ3n) is 2.73. The number of anilines is 2. The van der Waals surface area contributed by atoms with Crippen LogP contribution in [0, 0.1) is 6.92 Å². The normalized spacial score (nSPS) is 11.3. The Morgan fingerprint density at radius 1 is 1.20 bits per heavy atom. The van der Waals surface area contributed by atoms with Crippen LogP contribution in [0.3, 0.4) is 0 Å². The maximum atomic E-state index is 12.2. The van der Waals surface area contributed by atoms with Crippen molar-refractivity contribution >= 4 is 33.0 Å². The standard InChI is InChI=1S/C13H13ClN2O3S/c1-8-2-4-10(7-12(8)17)16-20(18,19)13-6-9(14)3-5-11(13)15/h2-7,16-17H,15H2,1H3. The van der Waals surface area contributed by atoms with Crippen molar-refractivity contribution in [2.45, 2.75) is 11.8 Å². The summed E-state index contributed by atoms with van der Waals surface area (Å²) >= 11 is 5.78. The Morgan fingerprint density at radius 3 is 2.55 bits per heavy atom. The molecule has 0 saturated heterocycles. The van der Waals surface area contributed by atoms with Crippen molar-refractivity contribution in [3.8, 4) is 5.75 Å². The van der Waals surface area contributed by atoms with Gasteiger partial charge in [0, 0.05) is 11.1 Å². The zero-order valence-corrected chi connectivity index (χ0v) is 12.2. The summed E-state index contributed by atoms with van der Waals surface area (Å²) in [5.41, 5.74) is 6.64. The molecule has 0 amide bonds. The summed E-state index contributed by atoms with van der Waals surface area (Å²) < 4.78 is 26.8. The van der Waals surface area contributed by atoms with Gasteiger partial charge in [0.25, 0.3) is 10.0 Å². The minimum atomic E-state index is -3.87. The lowest BCUT2D eigenvalue weighted by Crippen LogP contribution is -2.14. The summed E-state index contributed by atoms with van der Waals surface area (Å²) in [6.07, 6.45) is 0. The molecule has 2 aromatic carbocycles. The van der Waals surface area contributed by atoms with Gasteiger partial charge in [-0.3, -0.25) is 4.72 Å². The number of aryl methyl sites for hydroxylation is 1. The molecule has 2 aromatic rings. The quantitative estimate of drug-likeness (QED) is 0.760. The van der Waals surface area contributed by atoms with E-state index in [2.05, 4.69) is 4.72 Å². The molecule has 0 saturated carbocycles. The fourth-order valence-corrected chi connectivity index (χ4v) is 3.07. The molecule has 106 valence electrons. The largest absolute Gasteiger partial charge is 0.508 e. The third-order valence-corrected chi connectivity index (χ3v) is 4.40. The molecule has 2 rings (SSSR count). The number of phenolic OH excluding ortho intramolecular Hbond substituents is 1. The molecule has 5 nitrogen and oxygen atoms in total. The second-order valence-electron chi connectivity index (χ2n) is 4.29. The highest BCUT2D eigenvalue weighted by Crippen LogP contribution is 2.27. The Bertz CT molecular complexity index is 760. The van der Waals surface area contributed by atoms with Gasteiger partial charge in [0.1, 0.15) is 10.6 Å². The Kier molecular flexibility index (Phi) is 3.78. The van der Waals surface area contributed by atoms with E-state index in [0.717, 1.165) is 0 Å². The zero-order chi connectivity index (χ0) is 14.9. The predicted molar refractivity (Wildman–Crippen MR) is 79.5 cm³/mol. The Balaban J connectivity index is 2.40. The lowest BCUT2D eigenvalue weighted by atomic mass is 10.2. The summed E-state index contributed by atoms with van der Waals surface area (Å²) in [5, 5.41) is 9.86. The van der Waals surface area contributed by atoms with Crippen LogP contribution in [0.2, 0.25) is 5.02 Å². The number of hydrogen-bond acceptors (Lipinski definition) is 4. The summed E-state index contributed by atoms with van der Waals surface area (Å²) in [6.45, 7) is 1.71. The number of hydrogen-bond donors (Lipinski definition) is 3. The Labute approximate surface area is 122 Å². The number of halogens is 1. The summed E-state index contributed by atoms with van der Waals surface area (Å²) in [5.74, 6) is 0.00395. The van der Waals surface area contributed by atoms with Gasteiger partial charge in [-0.05, 0) is 36.8 Å². The van der Waals surface area contributed by atoms with Crippen LogP contribution in [0.4, 0.5) is 11.4 Å². The first-order valence-corrected chi connectivity index (χ1v) is 7.53. The first-order chi connectivity index (χ1) is 9.29. The topological polar surface area (TPSA) is 92.4 Å². The second kappa shape index (κ2) is 5.22. The van der Waals surface area contributed by atoms with Gasteiger partial charge in [-0.15, -0.1) is 0 Å². The van der Waals surface area contributed by atoms with Gasteiger partial charge in [0.05, 0.1) is 11.4 Å². The monoisotopic (exact) mass is 312 g/mol. The van der Waals surface area contributed by atoms with E-state index >= 15 is 0 Å². The SMILES string of the molecule is Cc1ccc(NS(=O)(=O)c2cc(Cl)ccc2N)cc1O. The molecule has 0 aromatic heterocycles. The van der Waals surface area contributed by atoms with E-state index in [1.165, 1.54) is 24.3 Å². The van der Waals surface area contributed by atoms with E-state index in [4.69, 9.17) is 17.3 Å². The second-order valence-corrected chi connectivity index (χ2v) is 6.38. The number of nitrogens with one attached hydrogen (secondary N) is 1. The number of nitrogens with two attached hydrogens (primary N) is 1. The van der Waals surface area contributed by atoms with Gasteiger partial charge >= 0.3 is 0 Å². The van der Waals surface area contributed by atoms with Crippen LogP contribution in [0.1, 0.15) is 5.56 Å². The molecule has 0 radical (unpaired) electrons. The minimum absolute atomic E-state index is 0.00395. The molecule has 0 aliphatic rings. The number of phenols is 1. The zero-order valence-electron chi connectivity index (χ0n) is 10.6. The molecule has 4 N–H and O–H groups in total. The van der Waals surface area contributed by atoms with Crippen molar-refractivity contribution in [1.82, 2.24) is 0 Å². The Morgan fingerprint density at radius 2 is 1.90 bits per heavy atom. The molecule has 0 fully saturated rings. The molecule has 0 aliphatic carbocycles. The Hall–Kier alpha value is -1.92. The number of sulfonamides is 1. The van der Waals surface area contributed by atoms with Crippen LogP contribution in [0.25, 0.3) is 0 Å². The lowest BCUT2D eigenvalue weighted by molar-refractivity contribution is 0.471. The molecule has 20 heavy (non-hydrogen) atoms. The van der Waals surface area contributed by atoms with Crippen molar-refractivity contribution in [2.75, 3.05) is 10.5 Å². The van der Waals surface area contributed by atoms with E-state index in [0.29, 0.717) is 5.56 Å².